The highest BCUT2D eigenvalue weighted by atomic mass is 32.1. The van der Waals surface area contributed by atoms with Crippen molar-refractivity contribution in [3.63, 3.8) is 0 Å². The first-order valence-corrected chi connectivity index (χ1v) is 4.64. The lowest BCUT2D eigenvalue weighted by atomic mass is 10.1. The molecule has 0 aromatic heterocycles. The number of hydrogen-bond donors (Lipinski definition) is 2. The Balaban J connectivity index is 2.76. The zero-order chi connectivity index (χ0) is 9.26. The molecule has 2 aromatic rings. The molecule has 1 unspecified atom stereocenters. The van der Waals surface area contributed by atoms with Crippen molar-refractivity contribution in [1.29, 1.82) is 0 Å². The summed E-state index contributed by atoms with van der Waals surface area (Å²) in [7, 11) is 0. The molecule has 1 N–H and O–H groups in total. The van der Waals surface area contributed by atoms with E-state index in [4.69, 9.17) is 0 Å². The van der Waals surface area contributed by atoms with Crippen molar-refractivity contribution in [1.82, 2.24) is 0 Å². The van der Waals surface area contributed by atoms with E-state index in [-0.39, 0.29) is 0 Å². The van der Waals surface area contributed by atoms with Gasteiger partial charge >= 0.3 is 0 Å². The molecular weight excluding hydrogens is 180 g/mol. The molecule has 0 bridgehead atoms. The highest BCUT2D eigenvalue weighted by molar-refractivity contribution is 7.80. The number of aliphatic hydroxyl groups is 1. The molecule has 2 rings (SSSR count). The SMILES string of the molecule is OC(S)c1cccc2ccccc12. The summed E-state index contributed by atoms with van der Waals surface area (Å²) in [6.45, 7) is 0. The van der Waals surface area contributed by atoms with Gasteiger partial charge in [-0.25, -0.2) is 0 Å². The largest absolute Gasteiger partial charge is 0.378 e. The fourth-order valence-corrected chi connectivity index (χ4v) is 1.70. The molecule has 0 aliphatic carbocycles. The predicted octanol–water partition coefficient (Wildman–Crippen LogP) is 2.76. The number of fused-ring (bicyclic) bond motifs is 1. The van der Waals surface area contributed by atoms with Gasteiger partial charge in [0.05, 0.1) is 0 Å². The Labute approximate surface area is 82.4 Å². The lowest BCUT2D eigenvalue weighted by molar-refractivity contribution is 0.274. The number of thiol groups is 1. The molecule has 0 saturated heterocycles. The summed E-state index contributed by atoms with van der Waals surface area (Å²) in [6, 6.07) is 13.8. The Bertz CT molecular complexity index is 418. The third-order valence-corrected chi connectivity index (χ3v) is 2.38. The molecule has 1 nitrogen and oxygen atoms in total. The molecule has 2 aromatic carbocycles. The summed E-state index contributed by atoms with van der Waals surface area (Å²) in [6.07, 6.45) is 0. The molecule has 0 aliphatic rings. The minimum atomic E-state index is -0.703. The zero-order valence-electron chi connectivity index (χ0n) is 7.01. The molecule has 0 saturated carbocycles. The van der Waals surface area contributed by atoms with Crippen molar-refractivity contribution < 1.29 is 5.11 Å². The predicted molar refractivity (Wildman–Crippen MR) is 57.9 cm³/mol. The van der Waals surface area contributed by atoms with E-state index >= 15 is 0 Å². The van der Waals surface area contributed by atoms with Crippen molar-refractivity contribution >= 4 is 23.4 Å². The quantitative estimate of drug-likeness (QED) is 0.523. The fourth-order valence-electron chi connectivity index (χ4n) is 1.48. The van der Waals surface area contributed by atoms with E-state index < -0.39 is 5.44 Å². The summed E-state index contributed by atoms with van der Waals surface area (Å²) in [5, 5.41) is 11.6. The highest BCUT2D eigenvalue weighted by Crippen LogP contribution is 2.25. The van der Waals surface area contributed by atoms with E-state index in [1.165, 1.54) is 0 Å². The van der Waals surface area contributed by atoms with Gasteiger partial charge in [-0.3, -0.25) is 0 Å². The average Bonchev–Trinajstić information content (AvgIpc) is 2.17. The molecular formula is C11H10OS. The summed E-state index contributed by atoms with van der Waals surface area (Å²) < 4.78 is 0. The van der Waals surface area contributed by atoms with Gasteiger partial charge < -0.3 is 5.11 Å². The van der Waals surface area contributed by atoms with Gasteiger partial charge in [0, 0.05) is 0 Å². The lowest BCUT2D eigenvalue weighted by Crippen LogP contribution is -1.88. The first kappa shape index (κ1) is 8.60. The van der Waals surface area contributed by atoms with Gasteiger partial charge in [0.1, 0.15) is 5.44 Å². The summed E-state index contributed by atoms with van der Waals surface area (Å²) in [5.41, 5.74) is 0.160. The minimum absolute atomic E-state index is 0.703. The van der Waals surface area contributed by atoms with Crippen LogP contribution < -0.4 is 0 Å². The van der Waals surface area contributed by atoms with Crippen LogP contribution in [0, 0.1) is 0 Å². The van der Waals surface area contributed by atoms with Gasteiger partial charge in [0.15, 0.2) is 0 Å². The standard InChI is InChI=1S/C11H10OS/c12-11(13)10-7-3-5-8-4-1-2-6-9(8)10/h1-7,11-13H. The molecule has 1 atom stereocenters. The van der Waals surface area contributed by atoms with Gasteiger partial charge in [0.25, 0.3) is 0 Å². The van der Waals surface area contributed by atoms with Crippen LogP contribution in [-0.2, 0) is 0 Å². The Morgan fingerprint density at radius 2 is 1.69 bits per heavy atom. The number of rotatable bonds is 1. The molecule has 0 amide bonds. The number of benzene rings is 2. The Morgan fingerprint density at radius 1 is 1.00 bits per heavy atom. The monoisotopic (exact) mass is 190 g/mol. The smallest absolute Gasteiger partial charge is 0.123 e. The molecule has 0 radical (unpaired) electrons. The summed E-state index contributed by atoms with van der Waals surface area (Å²) in [4.78, 5) is 0. The topological polar surface area (TPSA) is 20.2 Å². The normalized spacial score (nSPS) is 13.1. The van der Waals surface area contributed by atoms with Gasteiger partial charge in [-0.2, -0.15) is 0 Å². The molecule has 0 aliphatic heterocycles. The van der Waals surface area contributed by atoms with Gasteiger partial charge in [-0.15, -0.1) is 12.6 Å². The van der Waals surface area contributed by atoms with Gasteiger partial charge in [-0.05, 0) is 16.3 Å². The first-order chi connectivity index (χ1) is 6.29. The van der Waals surface area contributed by atoms with E-state index in [1.807, 2.05) is 42.5 Å². The Hall–Kier alpha value is -0.990. The number of aliphatic hydroxyl groups excluding tert-OH is 1. The molecule has 2 heteroatoms. The number of hydrogen-bond acceptors (Lipinski definition) is 2. The Kier molecular flexibility index (Phi) is 2.25. The van der Waals surface area contributed by atoms with Crippen molar-refractivity contribution in [3.8, 4) is 0 Å². The van der Waals surface area contributed by atoms with Crippen LogP contribution in [0.2, 0.25) is 0 Å². The van der Waals surface area contributed by atoms with Crippen LogP contribution in [0.15, 0.2) is 42.5 Å². The average molecular weight is 190 g/mol. The van der Waals surface area contributed by atoms with E-state index in [0.717, 1.165) is 16.3 Å². The van der Waals surface area contributed by atoms with Gasteiger partial charge in [-0.1, -0.05) is 42.5 Å². The molecule has 13 heavy (non-hydrogen) atoms. The second-order valence-corrected chi connectivity index (χ2v) is 3.43. The first-order valence-electron chi connectivity index (χ1n) is 4.13. The fraction of sp³-hybridized carbons (Fsp3) is 0.0909. The maximum atomic E-state index is 9.39. The third kappa shape index (κ3) is 1.55. The molecule has 66 valence electrons. The van der Waals surface area contributed by atoms with Crippen molar-refractivity contribution in [3.05, 3.63) is 48.0 Å². The van der Waals surface area contributed by atoms with Gasteiger partial charge in [0.2, 0.25) is 0 Å². The van der Waals surface area contributed by atoms with Crippen LogP contribution in [0.1, 0.15) is 11.0 Å². The van der Waals surface area contributed by atoms with Crippen LogP contribution in [0.25, 0.3) is 10.8 Å². The van der Waals surface area contributed by atoms with Crippen LogP contribution in [0.3, 0.4) is 0 Å². The summed E-state index contributed by atoms with van der Waals surface area (Å²) >= 11 is 4.02. The van der Waals surface area contributed by atoms with Crippen molar-refractivity contribution in [2.75, 3.05) is 0 Å². The second-order valence-electron chi connectivity index (χ2n) is 2.94. The van der Waals surface area contributed by atoms with Crippen molar-refractivity contribution in [2.45, 2.75) is 5.44 Å². The lowest BCUT2D eigenvalue weighted by Gasteiger charge is -2.07. The Morgan fingerprint density at radius 3 is 2.46 bits per heavy atom. The van der Waals surface area contributed by atoms with E-state index in [9.17, 15) is 5.11 Å². The maximum absolute atomic E-state index is 9.39. The zero-order valence-corrected chi connectivity index (χ0v) is 7.91. The molecule has 0 fully saturated rings. The van der Waals surface area contributed by atoms with Crippen LogP contribution in [-0.4, -0.2) is 5.11 Å². The maximum Gasteiger partial charge on any atom is 0.123 e. The summed E-state index contributed by atoms with van der Waals surface area (Å²) in [5.74, 6) is 0. The molecule has 0 heterocycles. The van der Waals surface area contributed by atoms with E-state index in [0.29, 0.717) is 0 Å². The minimum Gasteiger partial charge on any atom is -0.378 e. The third-order valence-electron chi connectivity index (χ3n) is 2.10. The van der Waals surface area contributed by atoms with E-state index in [1.54, 1.807) is 0 Å². The second kappa shape index (κ2) is 3.40. The van der Waals surface area contributed by atoms with Crippen LogP contribution in [0.4, 0.5) is 0 Å². The molecule has 0 spiro atoms. The van der Waals surface area contributed by atoms with Crippen LogP contribution in [0.5, 0.6) is 0 Å². The van der Waals surface area contributed by atoms with Crippen LogP contribution >= 0.6 is 12.6 Å². The highest BCUT2D eigenvalue weighted by Gasteiger charge is 2.04. The van der Waals surface area contributed by atoms with E-state index in [2.05, 4.69) is 12.6 Å². The van der Waals surface area contributed by atoms with Crippen molar-refractivity contribution in [2.24, 2.45) is 0 Å².